The van der Waals surface area contributed by atoms with Gasteiger partial charge in [-0.3, -0.25) is 14.5 Å². The number of hydrogen-bond acceptors (Lipinski definition) is 5. The summed E-state index contributed by atoms with van der Waals surface area (Å²) in [6, 6.07) is 10.2. The molecule has 7 nitrogen and oxygen atoms in total. The molecule has 2 aliphatic rings. The van der Waals surface area contributed by atoms with Gasteiger partial charge in [-0.2, -0.15) is 5.10 Å². The summed E-state index contributed by atoms with van der Waals surface area (Å²) in [6.45, 7) is 5.30. The Hall–Kier alpha value is -2.67. The summed E-state index contributed by atoms with van der Waals surface area (Å²) in [5, 5.41) is 9.38. The number of amides is 1. The molecule has 0 spiro atoms. The second-order valence-electron chi connectivity index (χ2n) is 8.03. The summed E-state index contributed by atoms with van der Waals surface area (Å²) in [5.41, 5.74) is 3.47. The zero-order valence-corrected chi connectivity index (χ0v) is 16.8. The summed E-state index contributed by atoms with van der Waals surface area (Å²) in [6.07, 6.45) is 5.55. The third-order valence-corrected chi connectivity index (χ3v) is 5.97. The number of fused-ring (bicyclic) bond motifs is 1. The first-order valence-electron chi connectivity index (χ1n) is 10.6. The zero-order chi connectivity index (χ0) is 20.1. The van der Waals surface area contributed by atoms with Gasteiger partial charge in [0.05, 0.1) is 17.8 Å². The van der Waals surface area contributed by atoms with Gasteiger partial charge < -0.3 is 10.2 Å². The maximum Gasteiger partial charge on any atom is 0.266 e. The summed E-state index contributed by atoms with van der Waals surface area (Å²) < 4.78 is 0. The van der Waals surface area contributed by atoms with Crippen molar-refractivity contribution >= 4 is 11.6 Å². The number of aromatic nitrogens is 2. The molecule has 1 aromatic carbocycles. The molecule has 7 heteroatoms. The lowest BCUT2D eigenvalue weighted by Gasteiger charge is -2.33. The molecule has 1 atom stereocenters. The van der Waals surface area contributed by atoms with Gasteiger partial charge >= 0.3 is 0 Å². The van der Waals surface area contributed by atoms with Crippen molar-refractivity contribution in [1.29, 1.82) is 0 Å². The normalized spacial score (nSPS) is 19.6. The highest BCUT2D eigenvalue weighted by atomic mass is 16.2. The van der Waals surface area contributed by atoms with Gasteiger partial charge in [-0.05, 0) is 36.8 Å². The predicted molar refractivity (Wildman–Crippen MR) is 113 cm³/mol. The number of piperidine rings is 1. The van der Waals surface area contributed by atoms with Crippen LogP contribution in [0.4, 0.5) is 5.69 Å². The lowest BCUT2D eigenvalue weighted by molar-refractivity contribution is -0.125. The Bertz CT molecular complexity index is 897. The molecule has 3 heterocycles. The fraction of sp³-hybridized carbons (Fsp3) is 0.500. The summed E-state index contributed by atoms with van der Waals surface area (Å²) in [4.78, 5) is 28.7. The second kappa shape index (κ2) is 9.22. The fourth-order valence-electron chi connectivity index (χ4n) is 4.37. The molecule has 0 bridgehead atoms. The fourth-order valence-corrected chi connectivity index (χ4v) is 4.37. The first-order chi connectivity index (χ1) is 14.2. The smallest absolute Gasteiger partial charge is 0.266 e. The molecule has 1 unspecified atom stereocenters. The number of nitrogens with zero attached hydrogens (tertiary/aromatic N) is 3. The Morgan fingerprint density at radius 1 is 1.24 bits per heavy atom. The van der Waals surface area contributed by atoms with Gasteiger partial charge in [-0.15, -0.1) is 0 Å². The zero-order valence-electron chi connectivity index (χ0n) is 16.8. The first-order valence-corrected chi connectivity index (χ1v) is 10.6. The molecule has 1 saturated heterocycles. The number of aromatic amines is 1. The van der Waals surface area contributed by atoms with Crippen LogP contribution in [0.2, 0.25) is 0 Å². The van der Waals surface area contributed by atoms with Gasteiger partial charge in [-0.25, -0.2) is 5.10 Å². The van der Waals surface area contributed by atoms with Crippen LogP contribution in [0.1, 0.15) is 30.4 Å². The first kappa shape index (κ1) is 19.6. The van der Waals surface area contributed by atoms with Crippen molar-refractivity contribution in [1.82, 2.24) is 20.4 Å². The maximum atomic E-state index is 12.6. The molecule has 0 aliphatic carbocycles. The topological polar surface area (TPSA) is 81.3 Å². The number of carbonyl (C=O) groups is 1. The highest BCUT2D eigenvalue weighted by Gasteiger charge is 2.26. The molecule has 0 radical (unpaired) electrons. The minimum atomic E-state index is -0.214. The van der Waals surface area contributed by atoms with E-state index in [1.807, 2.05) is 0 Å². The van der Waals surface area contributed by atoms with E-state index >= 15 is 0 Å². The lowest BCUT2D eigenvalue weighted by Crippen LogP contribution is -2.44. The number of hydrogen-bond donors (Lipinski definition) is 2. The molecule has 2 aliphatic heterocycles. The van der Waals surface area contributed by atoms with Crippen molar-refractivity contribution in [3.05, 3.63) is 58.0 Å². The van der Waals surface area contributed by atoms with E-state index in [2.05, 4.69) is 49.6 Å². The standard InChI is InChI=1S/C22H29N5O2/c28-21-13-20(14-24-25-21)27-11-3-7-19(16-27)22(29)23-9-4-10-26-12-8-17-5-1-2-6-18(17)15-26/h1-2,5-6,13-14,19H,3-4,7-12,15-16H2,(H,23,29)(H,25,28). The van der Waals surface area contributed by atoms with Gasteiger partial charge in [-0.1, -0.05) is 24.3 Å². The Labute approximate surface area is 171 Å². The minimum Gasteiger partial charge on any atom is -0.369 e. The molecule has 2 N–H and O–H groups in total. The number of carbonyl (C=O) groups excluding carboxylic acids is 1. The molecular formula is C22H29N5O2. The van der Waals surface area contributed by atoms with Gasteiger partial charge in [0.1, 0.15) is 0 Å². The third-order valence-electron chi connectivity index (χ3n) is 5.97. The average molecular weight is 396 g/mol. The Balaban J connectivity index is 1.20. The highest BCUT2D eigenvalue weighted by Crippen LogP contribution is 2.22. The molecule has 154 valence electrons. The van der Waals surface area contributed by atoms with E-state index in [1.165, 1.54) is 11.1 Å². The van der Waals surface area contributed by atoms with Crippen LogP contribution >= 0.6 is 0 Å². The van der Waals surface area contributed by atoms with Crippen molar-refractivity contribution in [3.63, 3.8) is 0 Å². The predicted octanol–water partition coefficient (Wildman–Crippen LogP) is 1.55. The van der Waals surface area contributed by atoms with Crippen molar-refractivity contribution < 1.29 is 4.79 Å². The van der Waals surface area contributed by atoms with Crippen LogP contribution in [0.25, 0.3) is 0 Å². The molecule has 1 aromatic heterocycles. The highest BCUT2D eigenvalue weighted by molar-refractivity contribution is 5.79. The Kier molecular flexibility index (Phi) is 6.24. The van der Waals surface area contributed by atoms with Crippen molar-refractivity contribution in [2.24, 2.45) is 5.92 Å². The summed E-state index contributed by atoms with van der Waals surface area (Å²) in [7, 11) is 0. The van der Waals surface area contributed by atoms with Crippen LogP contribution in [-0.4, -0.2) is 53.7 Å². The van der Waals surface area contributed by atoms with Crippen LogP contribution in [0, 0.1) is 5.92 Å². The van der Waals surface area contributed by atoms with Crippen LogP contribution in [-0.2, 0) is 17.8 Å². The molecule has 1 fully saturated rings. The summed E-state index contributed by atoms with van der Waals surface area (Å²) >= 11 is 0. The van der Waals surface area contributed by atoms with E-state index in [0.717, 1.165) is 57.5 Å². The Morgan fingerprint density at radius 3 is 2.97 bits per heavy atom. The van der Waals surface area contributed by atoms with E-state index in [-0.39, 0.29) is 17.4 Å². The third kappa shape index (κ3) is 5.03. The molecule has 4 rings (SSSR count). The largest absolute Gasteiger partial charge is 0.369 e. The van der Waals surface area contributed by atoms with E-state index in [0.29, 0.717) is 13.1 Å². The van der Waals surface area contributed by atoms with Crippen LogP contribution in [0.5, 0.6) is 0 Å². The molecule has 2 aromatic rings. The second-order valence-corrected chi connectivity index (χ2v) is 8.03. The van der Waals surface area contributed by atoms with E-state index in [9.17, 15) is 9.59 Å². The lowest BCUT2D eigenvalue weighted by atomic mass is 9.96. The Morgan fingerprint density at radius 2 is 2.10 bits per heavy atom. The molecule has 1 amide bonds. The van der Waals surface area contributed by atoms with Gasteiger partial charge in [0, 0.05) is 45.3 Å². The van der Waals surface area contributed by atoms with E-state index in [4.69, 9.17) is 0 Å². The van der Waals surface area contributed by atoms with Crippen molar-refractivity contribution in [2.75, 3.05) is 37.6 Å². The van der Waals surface area contributed by atoms with E-state index in [1.54, 1.807) is 12.3 Å². The SMILES string of the molecule is O=C(NCCCN1CCc2ccccc2C1)C1CCCN(c2cn[nH]c(=O)c2)C1. The quantitative estimate of drug-likeness (QED) is 0.726. The number of anilines is 1. The van der Waals surface area contributed by atoms with Gasteiger partial charge in [0.25, 0.3) is 5.56 Å². The average Bonchev–Trinajstić information content (AvgIpc) is 2.76. The van der Waals surface area contributed by atoms with Crippen LogP contribution in [0.15, 0.2) is 41.3 Å². The van der Waals surface area contributed by atoms with Crippen molar-refractivity contribution in [3.8, 4) is 0 Å². The van der Waals surface area contributed by atoms with Crippen molar-refractivity contribution in [2.45, 2.75) is 32.2 Å². The molecular weight excluding hydrogens is 366 g/mol. The summed E-state index contributed by atoms with van der Waals surface area (Å²) in [5.74, 6) is 0.0846. The minimum absolute atomic E-state index is 0.0371. The monoisotopic (exact) mass is 395 g/mol. The number of H-pyrrole nitrogens is 1. The number of nitrogens with one attached hydrogen (secondary N) is 2. The van der Waals surface area contributed by atoms with Crippen LogP contribution in [0.3, 0.4) is 0 Å². The maximum absolute atomic E-state index is 12.6. The number of benzene rings is 1. The van der Waals surface area contributed by atoms with E-state index < -0.39 is 0 Å². The van der Waals surface area contributed by atoms with Gasteiger partial charge in [0.15, 0.2) is 0 Å². The van der Waals surface area contributed by atoms with Gasteiger partial charge in [0.2, 0.25) is 5.91 Å². The molecule has 0 saturated carbocycles. The molecule has 29 heavy (non-hydrogen) atoms. The number of rotatable bonds is 6. The van der Waals surface area contributed by atoms with Crippen LogP contribution < -0.4 is 15.8 Å².